The molecule has 98 valence electrons. The molecule has 2 aromatic rings. The second-order valence-corrected chi connectivity index (χ2v) is 7.33. The molecule has 0 radical (unpaired) electrons. The molecule has 19 heavy (non-hydrogen) atoms. The van der Waals surface area contributed by atoms with E-state index in [1.165, 1.54) is 12.8 Å². The Morgan fingerprint density at radius 3 is 2.63 bits per heavy atom. The number of nitrogens with zero attached hydrogens (tertiary/aromatic N) is 2. The summed E-state index contributed by atoms with van der Waals surface area (Å²) in [7, 11) is 0. The molecule has 1 fully saturated rings. The summed E-state index contributed by atoms with van der Waals surface area (Å²) < 4.78 is 3.28. The Bertz CT molecular complexity index is 710. The van der Waals surface area contributed by atoms with Crippen LogP contribution >= 0.6 is 60.0 Å². The average molecular weight is 466 g/mol. The standard InChI is InChI=1S/C12H8Br3N3S/c13-6-3-7(14)10(16-4-6)11-17-9(5-1-2-5)8(15)12(19)18-11/h3-5H,1-2H2,(H,17,18,19). The Labute approximate surface area is 140 Å². The molecule has 2 aromatic heterocycles. The van der Waals surface area contributed by atoms with E-state index >= 15 is 0 Å². The first kappa shape index (κ1) is 13.9. The number of rotatable bonds is 2. The summed E-state index contributed by atoms with van der Waals surface area (Å²) in [6.07, 6.45) is 4.14. The normalized spacial score (nSPS) is 14.7. The smallest absolute Gasteiger partial charge is 0.159 e. The Kier molecular flexibility index (Phi) is 3.90. The molecule has 1 N–H and O–H groups in total. The van der Waals surface area contributed by atoms with E-state index in [1.54, 1.807) is 6.20 Å². The van der Waals surface area contributed by atoms with Crippen LogP contribution in [0.2, 0.25) is 0 Å². The van der Waals surface area contributed by atoms with Gasteiger partial charge in [-0.05, 0) is 66.7 Å². The second-order valence-electron chi connectivity index (χ2n) is 4.38. The minimum absolute atomic E-state index is 0.562. The molecule has 0 aromatic carbocycles. The van der Waals surface area contributed by atoms with E-state index in [0.717, 1.165) is 24.8 Å². The van der Waals surface area contributed by atoms with Crippen molar-refractivity contribution in [1.29, 1.82) is 0 Å². The van der Waals surface area contributed by atoms with E-state index < -0.39 is 0 Å². The lowest BCUT2D eigenvalue weighted by molar-refractivity contribution is 0.965. The van der Waals surface area contributed by atoms with E-state index in [1.807, 2.05) is 6.07 Å². The lowest BCUT2D eigenvalue weighted by Crippen LogP contribution is -1.99. The van der Waals surface area contributed by atoms with Crippen molar-refractivity contribution in [2.75, 3.05) is 0 Å². The first-order valence-corrected chi connectivity index (χ1v) is 8.46. The fraction of sp³-hybridized carbons (Fsp3) is 0.250. The van der Waals surface area contributed by atoms with Crippen LogP contribution in [0, 0.1) is 4.64 Å². The number of hydrogen-bond acceptors (Lipinski definition) is 3. The van der Waals surface area contributed by atoms with Crippen molar-refractivity contribution in [2.45, 2.75) is 18.8 Å². The molecule has 0 amide bonds. The molecule has 2 heterocycles. The highest BCUT2D eigenvalue weighted by Gasteiger charge is 2.28. The maximum atomic E-state index is 5.31. The molecule has 0 unspecified atom stereocenters. The van der Waals surface area contributed by atoms with Crippen LogP contribution in [0.15, 0.2) is 25.7 Å². The van der Waals surface area contributed by atoms with Gasteiger partial charge >= 0.3 is 0 Å². The molecule has 7 heteroatoms. The van der Waals surface area contributed by atoms with Crippen LogP contribution in [0.4, 0.5) is 0 Å². The zero-order chi connectivity index (χ0) is 13.6. The minimum atomic E-state index is 0.562. The third-order valence-corrected chi connectivity index (χ3v) is 5.31. The van der Waals surface area contributed by atoms with E-state index in [-0.39, 0.29) is 0 Å². The van der Waals surface area contributed by atoms with Crippen molar-refractivity contribution >= 4 is 60.0 Å². The number of aromatic nitrogens is 3. The summed E-state index contributed by atoms with van der Waals surface area (Å²) >= 11 is 15.7. The van der Waals surface area contributed by atoms with Gasteiger partial charge in [-0.25, -0.2) is 4.98 Å². The minimum Gasteiger partial charge on any atom is -0.340 e. The molecule has 0 spiro atoms. The molecule has 0 atom stereocenters. The van der Waals surface area contributed by atoms with Crippen LogP contribution in [0.1, 0.15) is 24.5 Å². The lowest BCUT2D eigenvalue weighted by atomic mass is 10.2. The Morgan fingerprint density at radius 2 is 2.00 bits per heavy atom. The summed E-state index contributed by atoms with van der Waals surface area (Å²) in [4.78, 5) is 12.2. The molecule has 3 rings (SSSR count). The summed E-state index contributed by atoms with van der Waals surface area (Å²) in [5, 5.41) is 0. The highest BCUT2D eigenvalue weighted by Crippen LogP contribution is 2.43. The van der Waals surface area contributed by atoms with Gasteiger partial charge in [0.15, 0.2) is 5.82 Å². The average Bonchev–Trinajstić information content (AvgIpc) is 3.17. The van der Waals surface area contributed by atoms with Gasteiger partial charge < -0.3 is 4.98 Å². The molecular formula is C12H8Br3N3S. The summed E-state index contributed by atoms with van der Waals surface area (Å²) in [5.41, 5.74) is 1.90. The highest BCUT2D eigenvalue weighted by molar-refractivity contribution is 9.11. The van der Waals surface area contributed by atoms with Gasteiger partial charge in [0.2, 0.25) is 0 Å². The van der Waals surface area contributed by atoms with Crippen LogP contribution in [-0.4, -0.2) is 15.0 Å². The monoisotopic (exact) mass is 463 g/mol. The van der Waals surface area contributed by atoms with Gasteiger partial charge in [-0.3, -0.25) is 4.98 Å². The molecule has 1 aliphatic rings. The summed E-state index contributed by atoms with van der Waals surface area (Å²) in [6, 6.07) is 1.94. The third kappa shape index (κ3) is 2.84. The summed E-state index contributed by atoms with van der Waals surface area (Å²) in [5.74, 6) is 1.27. The fourth-order valence-corrected chi connectivity index (χ4v) is 3.72. The first-order valence-electron chi connectivity index (χ1n) is 5.67. The van der Waals surface area contributed by atoms with Gasteiger partial charge in [0.1, 0.15) is 10.3 Å². The largest absolute Gasteiger partial charge is 0.340 e. The zero-order valence-electron chi connectivity index (χ0n) is 9.58. The predicted octanol–water partition coefficient (Wildman–Crippen LogP) is 5.37. The van der Waals surface area contributed by atoms with Gasteiger partial charge in [0.05, 0.1) is 4.47 Å². The number of H-pyrrole nitrogens is 1. The Morgan fingerprint density at radius 1 is 1.26 bits per heavy atom. The van der Waals surface area contributed by atoms with E-state index in [4.69, 9.17) is 12.2 Å². The predicted molar refractivity (Wildman–Crippen MR) is 87.7 cm³/mol. The number of nitrogens with one attached hydrogen (secondary N) is 1. The van der Waals surface area contributed by atoms with Crippen LogP contribution in [0.3, 0.4) is 0 Å². The van der Waals surface area contributed by atoms with Crippen LogP contribution in [-0.2, 0) is 0 Å². The van der Waals surface area contributed by atoms with Gasteiger partial charge in [0.25, 0.3) is 0 Å². The third-order valence-electron chi connectivity index (χ3n) is 2.91. The molecule has 3 nitrogen and oxygen atoms in total. The van der Waals surface area contributed by atoms with Gasteiger partial charge in [-0.1, -0.05) is 12.2 Å². The Balaban J connectivity index is 2.17. The SMILES string of the molecule is S=c1nc(-c2ncc(Br)cc2Br)[nH]c(C2CC2)c1Br. The molecular weight excluding hydrogens is 458 g/mol. The summed E-state index contributed by atoms with van der Waals surface area (Å²) in [6.45, 7) is 0. The fourth-order valence-electron chi connectivity index (χ4n) is 1.83. The lowest BCUT2D eigenvalue weighted by Gasteiger charge is -2.08. The number of pyridine rings is 1. The second kappa shape index (κ2) is 5.35. The molecule has 0 bridgehead atoms. The van der Waals surface area contributed by atoms with Gasteiger partial charge in [-0.15, -0.1) is 0 Å². The number of halogens is 3. The van der Waals surface area contributed by atoms with Gasteiger partial charge in [-0.2, -0.15) is 0 Å². The van der Waals surface area contributed by atoms with Crippen LogP contribution < -0.4 is 0 Å². The van der Waals surface area contributed by atoms with E-state index in [0.29, 0.717) is 16.4 Å². The van der Waals surface area contributed by atoms with Crippen molar-refractivity contribution in [3.63, 3.8) is 0 Å². The van der Waals surface area contributed by atoms with Crippen LogP contribution in [0.5, 0.6) is 0 Å². The molecule has 1 aliphatic carbocycles. The Hall–Kier alpha value is -0.110. The topological polar surface area (TPSA) is 41.6 Å². The highest BCUT2D eigenvalue weighted by atomic mass is 79.9. The quantitative estimate of drug-likeness (QED) is 0.606. The van der Waals surface area contributed by atoms with Crippen molar-refractivity contribution in [3.8, 4) is 11.5 Å². The molecule has 1 saturated carbocycles. The van der Waals surface area contributed by atoms with Crippen molar-refractivity contribution in [3.05, 3.63) is 36.0 Å². The number of aromatic amines is 1. The van der Waals surface area contributed by atoms with E-state index in [9.17, 15) is 0 Å². The van der Waals surface area contributed by atoms with E-state index in [2.05, 4.69) is 62.7 Å². The zero-order valence-corrected chi connectivity index (χ0v) is 15.2. The van der Waals surface area contributed by atoms with Crippen molar-refractivity contribution in [2.24, 2.45) is 0 Å². The molecule has 0 saturated heterocycles. The van der Waals surface area contributed by atoms with Crippen molar-refractivity contribution < 1.29 is 0 Å². The van der Waals surface area contributed by atoms with Crippen LogP contribution in [0.25, 0.3) is 11.5 Å². The van der Waals surface area contributed by atoms with Crippen molar-refractivity contribution in [1.82, 2.24) is 15.0 Å². The number of hydrogen-bond donors (Lipinski definition) is 1. The first-order chi connectivity index (χ1) is 9.06. The maximum absolute atomic E-state index is 5.31. The van der Waals surface area contributed by atoms with Gasteiger partial charge in [0, 0.05) is 26.8 Å². The molecule has 0 aliphatic heterocycles. The maximum Gasteiger partial charge on any atom is 0.159 e.